The van der Waals surface area contributed by atoms with Crippen LogP contribution in [-0.4, -0.2) is 0 Å². The van der Waals surface area contributed by atoms with Crippen molar-refractivity contribution in [3.8, 4) is 33.4 Å². The summed E-state index contributed by atoms with van der Waals surface area (Å²) >= 11 is 0. The highest BCUT2D eigenvalue weighted by atomic mass is 15.1. The van der Waals surface area contributed by atoms with Crippen LogP contribution in [0.2, 0.25) is 0 Å². The zero-order valence-electron chi connectivity index (χ0n) is 39.8. The van der Waals surface area contributed by atoms with Gasteiger partial charge >= 0.3 is 0 Å². The number of hydrogen-bond acceptors (Lipinski definition) is 1. The van der Waals surface area contributed by atoms with Crippen molar-refractivity contribution in [2.45, 2.75) is 17.8 Å². The van der Waals surface area contributed by atoms with Crippen molar-refractivity contribution in [3.05, 3.63) is 307 Å². The van der Waals surface area contributed by atoms with E-state index in [-0.39, 0.29) is 5.41 Å². The van der Waals surface area contributed by atoms with Gasteiger partial charge in [-0.1, -0.05) is 231 Å². The molecule has 0 bridgehead atoms. The van der Waals surface area contributed by atoms with Crippen LogP contribution in [0.15, 0.2) is 285 Å². The van der Waals surface area contributed by atoms with Gasteiger partial charge in [-0.05, 0) is 159 Å². The predicted octanol–water partition coefficient (Wildman–Crippen LogP) is 19.1. The van der Waals surface area contributed by atoms with Gasteiger partial charge < -0.3 is 4.90 Å². The molecule has 0 aliphatic heterocycles. The van der Waals surface area contributed by atoms with Crippen LogP contribution < -0.4 is 4.90 Å². The monoisotopic (exact) mass is 915 g/mol. The highest BCUT2D eigenvalue weighted by Gasteiger charge is 2.50. The van der Waals surface area contributed by atoms with Crippen LogP contribution in [-0.2, 0) is 5.41 Å². The molecule has 0 heterocycles. The Labute approximate surface area is 420 Å². The third kappa shape index (κ3) is 6.84. The summed E-state index contributed by atoms with van der Waals surface area (Å²) < 4.78 is 0. The first-order chi connectivity index (χ1) is 35.7. The number of anilines is 3. The van der Waals surface area contributed by atoms with Crippen molar-refractivity contribution >= 4 is 60.2 Å². The zero-order valence-corrected chi connectivity index (χ0v) is 39.8. The van der Waals surface area contributed by atoms with E-state index in [1.54, 1.807) is 0 Å². The number of fused-ring (bicyclic) bond motifs is 9. The summed E-state index contributed by atoms with van der Waals surface area (Å²) in [7, 11) is 0. The minimum Gasteiger partial charge on any atom is -0.311 e. The van der Waals surface area contributed by atoms with E-state index in [1.807, 2.05) is 0 Å². The third-order valence-electron chi connectivity index (χ3n) is 15.7. The molecule has 0 fully saturated rings. The van der Waals surface area contributed by atoms with Crippen molar-refractivity contribution in [1.29, 1.82) is 0 Å². The lowest BCUT2D eigenvalue weighted by Gasteiger charge is -2.35. The van der Waals surface area contributed by atoms with Gasteiger partial charge in [-0.2, -0.15) is 0 Å². The maximum Gasteiger partial charge on any atom is 0.0673 e. The van der Waals surface area contributed by atoms with Crippen LogP contribution in [0.3, 0.4) is 0 Å². The standard InChI is InChI=1S/C71H49N/c1-3-15-58(16-4-1)71(59-17-5-2-6-18-59)69-22-12-11-21-65(69)68-47-57(37-44-70(68)71)50-35-42-62(43-36-50)72(60-38-31-48(32-39-60)55-29-27-53-25-23-51-13-7-9-19-63(51)66(53)45-55)61-40-33-49(34-41-61)56-30-28-54-26-24-52-14-8-10-20-64(52)67(54)46-56/h1-20,22-47,65H,21H2. The molecule has 1 nitrogen and oxygen atoms in total. The largest absolute Gasteiger partial charge is 0.311 e. The molecule has 12 aromatic rings. The molecule has 2 aliphatic carbocycles. The summed E-state index contributed by atoms with van der Waals surface area (Å²) in [4.78, 5) is 2.39. The number of rotatable bonds is 8. The molecule has 0 spiro atoms. The summed E-state index contributed by atoms with van der Waals surface area (Å²) in [6.07, 6.45) is 7.99. The van der Waals surface area contributed by atoms with Crippen LogP contribution >= 0.6 is 0 Å². The van der Waals surface area contributed by atoms with Gasteiger partial charge in [-0.25, -0.2) is 0 Å². The molecule has 0 saturated heterocycles. The van der Waals surface area contributed by atoms with E-state index in [4.69, 9.17) is 0 Å². The van der Waals surface area contributed by atoms with Crippen LogP contribution in [0.5, 0.6) is 0 Å². The molecule has 1 unspecified atom stereocenters. The Morgan fingerprint density at radius 2 is 0.722 bits per heavy atom. The maximum atomic E-state index is 2.48. The number of nitrogens with zero attached hydrogens (tertiary/aromatic N) is 1. The average Bonchev–Trinajstić information content (AvgIpc) is 3.76. The van der Waals surface area contributed by atoms with Crippen LogP contribution in [0, 0.1) is 0 Å². The molecule has 338 valence electrons. The van der Waals surface area contributed by atoms with Crippen molar-refractivity contribution in [3.63, 3.8) is 0 Å². The fourth-order valence-electron chi connectivity index (χ4n) is 12.2. The molecule has 0 saturated carbocycles. The highest BCUT2D eigenvalue weighted by Crippen LogP contribution is 2.60. The molecule has 0 radical (unpaired) electrons. The second-order valence-corrected chi connectivity index (χ2v) is 19.5. The van der Waals surface area contributed by atoms with Gasteiger partial charge in [0.25, 0.3) is 0 Å². The fourth-order valence-corrected chi connectivity index (χ4v) is 12.2. The number of hydrogen-bond donors (Lipinski definition) is 0. The molecule has 72 heavy (non-hydrogen) atoms. The van der Waals surface area contributed by atoms with Crippen LogP contribution in [0.1, 0.15) is 34.6 Å². The molecule has 1 atom stereocenters. The van der Waals surface area contributed by atoms with Crippen molar-refractivity contribution < 1.29 is 0 Å². The maximum absolute atomic E-state index is 2.48. The Hall–Kier alpha value is -9.04. The number of benzene rings is 12. The Bertz CT molecular complexity index is 3890. The minimum atomic E-state index is -0.355. The van der Waals surface area contributed by atoms with Gasteiger partial charge in [0.2, 0.25) is 0 Å². The molecule has 12 aromatic carbocycles. The summed E-state index contributed by atoms with van der Waals surface area (Å²) in [6.45, 7) is 0. The lowest BCUT2D eigenvalue weighted by atomic mass is 9.66. The second-order valence-electron chi connectivity index (χ2n) is 19.5. The topological polar surface area (TPSA) is 3.24 Å². The smallest absolute Gasteiger partial charge is 0.0673 e. The Kier molecular flexibility index (Phi) is 9.96. The van der Waals surface area contributed by atoms with Crippen LogP contribution in [0.4, 0.5) is 17.1 Å². The Morgan fingerprint density at radius 3 is 1.21 bits per heavy atom. The molecule has 2 aliphatic rings. The third-order valence-corrected chi connectivity index (χ3v) is 15.7. The first-order valence-corrected chi connectivity index (χ1v) is 25.2. The van der Waals surface area contributed by atoms with Crippen LogP contribution in [0.25, 0.3) is 76.5 Å². The lowest BCUT2D eigenvalue weighted by Crippen LogP contribution is -2.29. The van der Waals surface area contributed by atoms with Gasteiger partial charge in [0.15, 0.2) is 0 Å². The average molecular weight is 916 g/mol. The Balaban J connectivity index is 0.847. The summed E-state index contributed by atoms with van der Waals surface area (Å²) in [5.41, 5.74) is 17.1. The second kappa shape index (κ2) is 17.1. The van der Waals surface area contributed by atoms with Crippen molar-refractivity contribution in [1.82, 2.24) is 0 Å². The van der Waals surface area contributed by atoms with E-state index in [9.17, 15) is 0 Å². The van der Waals surface area contributed by atoms with E-state index in [0.717, 1.165) is 23.5 Å². The van der Waals surface area contributed by atoms with Crippen molar-refractivity contribution in [2.75, 3.05) is 4.90 Å². The molecule has 0 N–H and O–H groups in total. The SMILES string of the molecule is C1=CCC2C(=C1)C(c1ccccc1)(c1ccccc1)c1ccc(-c3ccc(N(c4ccc(-c5ccc6ccc7ccccc7c6c5)cc4)c4ccc(-c5ccc6ccc7ccccc7c6c5)cc4)cc3)cc12. The first kappa shape index (κ1) is 41.9. The summed E-state index contributed by atoms with van der Waals surface area (Å²) in [5.74, 6) is 0.300. The van der Waals surface area contributed by atoms with Crippen molar-refractivity contribution in [2.24, 2.45) is 0 Å². The minimum absolute atomic E-state index is 0.300. The van der Waals surface area contributed by atoms with Gasteiger partial charge in [-0.15, -0.1) is 0 Å². The zero-order chi connectivity index (χ0) is 47.6. The lowest BCUT2D eigenvalue weighted by molar-refractivity contribution is 0.693. The quantitative estimate of drug-likeness (QED) is 0.137. The van der Waals surface area contributed by atoms with E-state index in [0.29, 0.717) is 5.92 Å². The Morgan fingerprint density at radius 1 is 0.333 bits per heavy atom. The normalized spacial score (nSPS) is 14.6. The van der Waals surface area contributed by atoms with E-state index >= 15 is 0 Å². The van der Waals surface area contributed by atoms with E-state index in [1.165, 1.54) is 104 Å². The molecular formula is C71H49N. The molecule has 0 amide bonds. The highest BCUT2D eigenvalue weighted by molar-refractivity contribution is 6.10. The van der Waals surface area contributed by atoms with Gasteiger partial charge in [0.1, 0.15) is 0 Å². The fraction of sp³-hybridized carbons (Fsp3) is 0.0423. The molecule has 0 aromatic heterocycles. The predicted molar refractivity (Wildman–Crippen MR) is 305 cm³/mol. The summed E-state index contributed by atoms with van der Waals surface area (Å²) in [6, 6.07) is 96.9. The van der Waals surface area contributed by atoms with Gasteiger partial charge in [0.05, 0.1) is 5.41 Å². The van der Waals surface area contributed by atoms with E-state index in [2.05, 4.69) is 284 Å². The van der Waals surface area contributed by atoms with E-state index < -0.39 is 0 Å². The molecular weight excluding hydrogens is 867 g/mol. The van der Waals surface area contributed by atoms with Gasteiger partial charge in [0, 0.05) is 23.0 Å². The van der Waals surface area contributed by atoms with Gasteiger partial charge in [-0.3, -0.25) is 0 Å². The summed E-state index contributed by atoms with van der Waals surface area (Å²) in [5, 5.41) is 10.1. The first-order valence-electron chi connectivity index (χ1n) is 25.2. The molecule has 1 heteroatoms. The number of allylic oxidation sites excluding steroid dienone is 4. The molecule has 14 rings (SSSR count).